The van der Waals surface area contributed by atoms with Gasteiger partial charge in [-0.05, 0) is 77.0 Å². The maximum absolute atomic E-state index is 13.3. The molecule has 0 atom stereocenters. The summed E-state index contributed by atoms with van der Waals surface area (Å²) >= 11 is 6.81. The van der Waals surface area contributed by atoms with Gasteiger partial charge in [0, 0.05) is 15.7 Å². The number of aryl methyl sites for hydroxylation is 1. The summed E-state index contributed by atoms with van der Waals surface area (Å²) in [5.74, 6) is -1.30. The first-order chi connectivity index (χ1) is 18.2. The molecule has 11 heteroatoms. The predicted molar refractivity (Wildman–Crippen MR) is 149 cm³/mol. The van der Waals surface area contributed by atoms with E-state index in [-0.39, 0.29) is 23.6 Å². The third kappa shape index (κ3) is 5.95. The van der Waals surface area contributed by atoms with E-state index in [1.54, 1.807) is 30.3 Å². The molecule has 0 radical (unpaired) electrons. The lowest BCUT2D eigenvalue weighted by Crippen LogP contribution is -2.54. The van der Waals surface area contributed by atoms with Crippen LogP contribution in [0.4, 0.5) is 16.2 Å². The number of imide groups is 2. The SMILES string of the molecule is COc1ccc(N2C(=O)NC(=O)/C(=C\c3cc(Br)cc(Br)c3OCC(=O)Nc3ccccc3C)C2=O)cc1. The Kier molecular flexibility index (Phi) is 8.28. The highest BCUT2D eigenvalue weighted by molar-refractivity contribution is 9.11. The second-order valence-electron chi connectivity index (χ2n) is 8.11. The maximum atomic E-state index is 13.3. The van der Waals surface area contributed by atoms with Crippen LogP contribution < -0.4 is 25.0 Å². The lowest BCUT2D eigenvalue weighted by Gasteiger charge is -2.26. The average Bonchev–Trinajstić information content (AvgIpc) is 2.87. The molecule has 194 valence electrons. The minimum Gasteiger partial charge on any atom is -0.497 e. The Morgan fingerprint density at radius 1 is 1.05 bits per heavy atom. The van der Waals surface area contributed by atoms with Crippen LogP contribution in [0.25, 0.3) is 6.08 Å². The lowest BCUT2D eigenvalue weighted by molar-refractivity contribution is -0.122. The molecule has 0 saturated carbocycles. The van der Waals surface area contributed by atoms with Crippen molar-refractivity contribution in [3.05, 3.63) is 86.3 Å². The van der Waals surface area contributed by atoms with Gasteiger partial charge in [-0.2, -0.15) is 0 Å². The number of carbonyl (C=O) groups excluding carboxylic acids is 4. The summed E-state index contributed by atoms with van der Waals surface area (Å²) in [6.45, 7) is 1.54. The standard InChI is InChI=1S/C27H21Br2N3O6/c1-15-5-3-4-6-22(15)30-23(33)14-38-24-16(11-17(28)13-21(24)29)12-20-25(34)31-27(36)32(26(20)35)18-7-9-19(37-2)10-8-18/h3-13H,14H2,1-2H3,(H,30,33)(H,31,34,36)/b20-12+. The molecular weight excluding hydrogens is 622 g/mol. The minimum absolute atomic E-state index is 0.231. The number of hydrogen-bond donors (Lipinski definition) is 2. The molecule has 0 spiro atoms. The first-order valence-electron chi connectivity index (χ1n) is 11.2. The fourth-order valence-corrected chi connectivity index (χ4v) is 5.03. The number of amides is 5. The zero-order valence-corrected chi connectivity index (χ0v) is 23.4. The highest BCUT2D eigenvalue weighted by Gasteiger charge is 2.37. The molecule has 1 aliphatic heterocycles. The maximum Gasteiger partial charge on any atom is 0.335 e. The number of hydrogen-bond acceptors (Lipinski definition) is 6. The van der Waals surface area contributed by atoms with E-state index in [4.69, 9.17) is 9.47 Å². The molecule has 1 aliphatic rings. The first kappa shape index (κ1) is 27.1. The summed E-state index contributed by atoms with van der Waals surface area (Å²) in [5, 5.41) is 4.98. The van der Waals surface area contributed by atoms with Crippen LogP contribution in [0.15, 0.2) is 75.2 Å². The molecule has 3 aromatic carbocycles. The summed E-state index contributed by atoms with van der Waals surface area (Å²) in [5.41, 5.74) is 1.85. The van der Waals surface area contributed by atoms with Crippen molar-refractivity contribution >= 4 is 73.1 Å². The molecule has 0 aliphatic carbocycles. The Bertz CT molecular complexity index is 1470. The van der Waals surface area contributed by atoms with Crippen LogP contribution in [-0.4, -0.2) is 37.5 Å². The topological polar surface area (TPSA) is 114 Å². The number of anilines is 2. The zero-order valence-electron chi connectivity index (χ0n) is 20.2. The van der Waals surface area contributed by atoms with Crippen LogP contribution in [-0.2, 0) is 14.4 Å². The minimum atomic E-state index is -0.873. The van der Waals surface area contributed by atoms with Crippen molar-refractivity contribution in [1.29, 1.82) is 0 Å². The number of para-hydroxylation sites is 1. The molecule has 5 amide bonds. The molecule has 4 rings (SSSR count). The van der Waals surface area contributed by atoms with Gasteiger partial charge in [-0.3, -0.25) is 19.7 Å². The molecule has 0 unspecified atom stereocenters. The van der Waals surface area contributed by atoms with E-state index in [9.17, 15) is 19.2 Å². The van der Waals surface area contributed by atoms with Crippen LogP contribution >= 0.6 is 31.9 Å². The molecule has 38 heavy (non-hydrogen) atoms. The summed E-state index contributed by atoms with van der Waals surface area (Å²) in [7, 11) is 1.50. The Morgan fingerprint density at radius 3 is 2.45 bits per heavy atom. The second-order valence-corrected chi connectivity index (χ2v) is 9.88. The Morgan fingerprint density at radius 2 is 1.76 bits per heavy atom. The van der Waals surface area contributed by atoms with Gasteiger partial charge in [-0.1, -0.05) is 34.1 Å². The number of halogens is 2. The monoisotopic (exact) mass is 641 g/mol. The van der Waals surface area contributed by atoms with E-state index in [0.717, 1.165) is 10.5 Å². The summed E-state index contributed by atoms with van der Waals surface area (Å²) in [6, 6.07) is 16.0. The number of rotatable bonds is 7. The molecule has 2 N–H and O–H groups in total. The van der Waals surface area contributed by atoms with Gasteiger partial charge in [0.2, 0.25) is 0 Å². The molecule has 0 aromatic heterocycles. The van der Waals surface area contributed by atoms with Gasteiger partial charge in [-0.25, -0.2) is 9.69 Å². The van der Waals surface area contributed by atoms with E-state index in [0.29, 0.717) is 25.9 Å². The van der Waals surface area contributed by atoms with Crippen LogP contribution in [0, 0.1) is 6.92 Å². The second kappa shape index (κ2) is 11.6. The molecule has 1 saturated heterocycles. The Hall–Kier alpha value is -3.96. The number of nitrogens with one attached hydrogen (secondary N) is 2. The summed E-state index contributed by atoms with van der Waals surface area (Å²) < 4.78 is 12.0. The van der Waals surface area contributed by atoms with Crippen LogP contribution in [0.3, 0.4) is 0 Å². The fraction of sp³-hybridized carbons (Fsp3) is 0.111. The number of urea groups is 1. The lowest BCUT2D eigenvalue weighted by atomic mass is 10.1. The average molecular weight is 643 g/mol. The van der Waals surface area contributed by atoms with E-state index >= 15 is 0 Å². The van der Waals surface area contributed by atoms with E-state index in [1.165, 1.54) is 25.3 Å². The third-order valence-electron chi connectivity index (χ3n) is 5.54. The fourth-order valence-electron chi connectivity index (χ4n) is 3.66. The summed E-state index contributed by atoms with van der Waals surface area (Å²) in [6.07, 6.45) is 1.31. The van der Waals surface area contributed by atoms with Crippen molar-refractivity contribution in [2.24, 2.45) is 0 Å². The number of barbiturate groups is 1. The van der Waals surface area contributed by atoms with Crippen molar-refractivity contribution < 1.29 is 28.7 Å². The normalized spacial score (nSPS) is 14.4. The number of nitrogens with zero attached hydrogens (tertiary/aromatic N) is 1. The number of carbonyl (C=O) groups is 4. The number of methoxy groups -OCH3 is 1. The molecule has 1 heterocycles. The van der Waals surface area contributed by atoms with Crippen LogP contribution in [0.1, 0.15) is 11.1 Å². The van der Waals surface area contributed by atoms with Gasteiger partial charge >= 0.3 is 6.03 Å². The third-order valence-corrected chi connectivity index (χ3v) is 6.58. The van der Waals surface area contributed by atoms with Crippen molar-refractivity contribution in [1.82, 2.24) is 5.32 Å². The van der Waals surface area contributed by atoms with Gasteiger partial charge in [0.25, 0.3) is 17.7 Å². The molecule has 1 fully saturated rings. The number of benzene rings is 3. The summed E-state index contributed by atoms with van der Waals surface area (Å²) in [4.78, 5) is 51.9. The van der Waals surface area contributed by atoms with Gasteiger partial charge in [0.1, 0.15) is 17.1 Å². The first-order valence-corrected chi connectivity index (χ1v) is 12.8. The van der Waals surface area contributed by atoms with Gasteiger partial charge in [0.15, 0.2) is 6.61 Å². The van der Waals surface area contributed by atoms with Crippen LogP contribution in [0.2, 0.25) is 0 Å². The molecule has 0 bridgehead atoms. The van der Waals surface area contributed by atoms with Crippen LogP contribution in [0.5, 0.6) is 11.5 Å². The Labute approximate surface area is 235 Å². The predicted octanol–water partition coefficient (Wildman–Crippen LogP) is 5.21. The van der Waals surface area contributed by atoms with Gasteiger partial charge in [0.05, 0.1) is 17.3 Å². The van der Waals surface area contributed by atoms with Crippen molar-refractivity contribution in [3.63, 3.8) is 0 Å². The molecule has 3 aromatic rings. The highest BCUT2D eigenvalue weighted by atomic mass is 79.9. The van der Waals surface area contributed by atoms with E-state index in [2.05, 4.69) is 42.5 Å². The molecular formula is C27H21Br2N3O6. The smallest absolute Gasteiger partial charge is 0.335 e. The van der Waals surface area contributed by atoms with Crippen molar-refractivity contribution in [3.8, 4) is 11.5 Å². The number of ether oxygens (including phenoxy) is 2. The van der Waals surface area contributed by atoms with E-state index in [1.807, 2.05) is 25.1 Å². The highest BCUT2D eigenvalue weighted by Crippen LogP contribution is 2.35. The van der Waals surface area contributed by atoms with E-state index < -0.39 is 23.8 Å². The van der Waals surface area contributed by atoms with Gasteiger partial charge < -0.3 is 14.8 Å². The Balaban J connectivity index is 1.62. The quantitative estimate of drug-likeness (QED) is 0.270. The van der Waals surface area contributed by atoms with Gasteiger partial charge in [-0.15, -0.1) is 0 Å². The van der Waals surface area contributed by atoms with Crippen molar-refractivity contribution in [2.75, 3.05) is 23.9 Å². The van der Waals surface area contributed by atoms with Crippen molar-refractivity contribution in [2.45, 2.75) is 6.92 Å². The largest absolute Gasteiger partial charge is 0.497 e. The molecule has 9 nitrogen and oxygen atoms in total. The zero-order chi connectivity index (χ0) is 27.4.